The number of aliphatic imine (C=N–C) groups is 1. The fourth-order valence-corrected chi connectivity index (χ4v) is 4.05. The van der Waals surface area contributed by atoms with Gasteiger partial charge < -0.3 is 5.32 Å². The molecule has 3 atom stereocenters. The van der Waals surface area contributed by atoms with Gasteiger partial charge in [0.2, 0.25) is 0 Å². The van der Waals surface area contributed by atoms with Crippen LogP contribution in [0.25, 0.3) is 0 Å². The van der Waals surface area contributed by atoms with E-state index in [-0.39, 0.29) is 0 Å². The number of thioether (sulfide) groups is 1. The van der Waals surface area contributed by atoms with Crippen LogP contribution in [-0.4, -0.2) is 23.0 Å². The summed E-state index contributed by atoms with van der Waals surface area (Å²) in [5.74, 6) is 2.01. The minimum atomic E-state index is 0.295. The Morgan fingerprint density at radius 1 is 1.11 bits per heavy atom. The standard InChI is InChI=1S/C16H30N2S/c1-12-8-6-5-7-9-13(12)17-15-18-14(10-11-19-15)16(2,3)4/h12-14H,5-11H2,1-4H3,(H,17,18). The molecule has 0 radical (unpaired) electrons. The van der Waals surface area contributed by atoms with Crippen LogP contribution in [0.5, 0.6) is 0 Å². The summed E-state index contributed by atoms with van der Waals surface area (Å²) >= 11 is 1.92. The quantitative estimate of drug-likeness (QED) is 0.718. The maximum absolute atomic E-state index is 4.98. The van der Waals surface area contributed by atoms with Gasteiger partial charge in [-0.15, -0.1) is 0 Å². The molecule has 0 aromatic heterocycles. The fourth-order valence-electron chi connectivity index (χ4n) is 3.08. The van der Waals surface area contributed by atoms with Crippen molar-refractivity contribution in [3.05, 3.63) is 0 Å². The van der Waals surface area contributed by atoms with Gasteiger partial charge in [0.25, 0.3) is 0 Å². The normalized spacial score (nSPS) is 33.5. The Balaban J connectivity index is 1.99. The van der Waals surface area contributed by atoms with Crippen LogP contribution < -0.4 is 5.32 Å². The van der Waals surface area contributed by atoms with E-state index >= 15 is 0 Å². The van der Waals surface area contributed by atoms with Crippen molar-refractivity contribution >= 4 is 16.9 Å². The molecule has 3 unspecified atom stereocenters. The van der Waals surface area contributed by atoms with Crippen molar-refractivity contribution in [2.24, 2.45) is 16.3 Å². The Morgan fingerprint density at radius 2 is 1.84 bits per heavy atom. The molecular formula is C16H30N2S. The molecule has 1 aliphatic carbocycles. The first kappa shape index (κ1) is 15.2. The van der Waals surface area contributed by atoms with Crippen molar-refractivity contribution in [1.82, 2.24) is 5.32 Å². The molecule has 0 saturated heterocycles. The number of rotatable bonds is 1. The molecule has 2 nitrogen and oxygen atoms in total. The van der Waals surface area contributed by atoms with Gasteiger partial charge in [0, 0.05) is 11.8 Å². The van der Waals surface area contributed by atoms with Crippen LogP contribution in [0.3, 0.4) is 0 Å². The van der Waals surface area contributed by atoms with E-state index < -0.39 is 0 Å². The van der Waals surface area contributed by atoms with Gasteiger partial charge in [-0.25, -0.2) is 0 Å². The Hall–Kier alpha value is -0.180. The lowest BCUT2D eigenvalue weighted by Gasteiger charge is -2.33. The zero-order chi connectivity index (χ0) is 13.9. The lowest BCUT2D eigenvalue weighted by Crippen LogP contribution is -2.41. The van der Waals surface area contributed by atoms with Gasteiger partial charge in [-0.1, -0.05) is 58.7 Å². The zero-order valence-electron chi connectivity index (χ0n) is 13.0. The molecule has 19 heavy (non-hydrogen) atoms. The summed E-state index contributed by atoms with van der Waals surface area (Å²) in [6.07, 6.45) is 8.11. The van der Waals surface area contributed by atoms with E-state index in [4.69, 9.17) is 4.99 Å². The average Bonchev–Trinajstić information content (AvgIpc) is 2.54. The second-order valence-corrected chi connectivity index (χ2v) is 8.40. The van der Waals surface area contributed by atoms with Crippen LogP contribution in [0.2, 0.25) is 0 Å². The van der Waals surface area contributed by atoms with Crippen LogP contribution in [0, 0.1) is 11.3 Å². The van der Waals surface area contributed by atoms with Gasteiger partial charge in [0.1, 0.15) is 0 Å². The first-order valence-corrected chi connectivity index (χ1v) is 8.92. The maximum atomic E-state index is 4.98. The van der Waals surface area contributed by atoms with E-state index in [9.17, 15) is 0 Å². The molecule has 3 heteroatoms. The highest BCUT2D eigenvalue weighted by Crippen LogP contribution is 2.31. The van der Waals surface area contributed by atoms with E-state index in [1.807, 2.05) is 11.8 Å². The molecule has 1 aliphatic heterocycles. The molecule has 1 N–H and O–H groups in total. The van der Waals surface area contributed by atoms with Crippen LogP contribution in [0.15, 0.2) is 4.99 Å². The second-order valence-electron chi connectivity index (χ2n) is 7.32. The van der Waals surface area contributed by atoms with E-state index in [1.54, 1.807) is 0 Å². The van der Waals surface area contributed by atoms with Crippen molar-refractivity contribution in [2.45, 2.75) is 78.3 Å². The van der Waals surface area contributed by atoms with Crippen molar-refractivity contribution < 1.29 is 0 Å². The summed E-state index contributed by atoms with van der Waals surface area (Å²) in [5.41, 5.74) is 0.295. The molecule has 0 aromatic carbocycles. The monoisotopic (exact) mass is 282 g/mol. The third kappa shape index (κ3) is 4.40. The van der Waals surface area contributed by atoms with Crippen molar-refractivity contribution in [3.8, 4) is 0 Å². The average molecular weight is 282 g/mol. The third-order valence-corrected chi connectivity index (χ3v) is 5.51. The van der Waals surface area contributed by atoms with Gasteiger partial charge in [-0.2, -0.15) is 0 Å². The predicted molar refractivity (Wildman–Crippen MR) is 86.9 cm³/mol. The van der Waals surface area contributed by atoms with E-state index in [2.05, 4.69) is 33.0 Å². The first-order valence-electron chi connectivity index (χ1n) is 7.94. The number of hydrogen-bond donors (Lipinski definition) is 1. The topological polar surface area (TPSA) is 24.4 Å². The SMILES string of the molecule is CC1CCCCCC1NC1=NC(C(C)(C)C)CCS1. The molecule has 1 fully saturated rings. The van der Waals surface area contributed by atoms with Crippen LogP contribution >= 0.6 is 11.8 Å². The van der Waals surface area contributed by atoms with Crippen LogP contribution in [0.4, 0.5) is 0 Å². The van der Waals surface area contributed by atoms with Gasteiger partial charge in [-0.05, 0) is 30.6 Å². The molecule has 0 spiro atoms. The van der Waals surface area contributed by atoms with Crippen molar-refractivity contribution in [3.63, 3.8) is 0 Å². The van der Waals surface area contributed by atoms with Crippen LogP contribution in [-0.2, 0) is 0 Å². The van der Waals surface area contributed by atoms with Crippen LogP contribution in [0.1, 0.15) is 66.2 Å². The molecule has 2 rings (SSSR count). The minimum absolute atomic E-state index is 0.295. The molecule has 1 heterocycles. The summed E-state index contributed by atoms with van der Waals surface area (Å²) < 4.78 is 0. The largest absolute Gasteiger partial charge is 0.362 e. The molecular weight excluding hydrogens is 252 g/mol. The molecule has 0 aromatic rings. The smallest absolute Gasteiger partial charge is 0.157 e. The number of nitrogens with one attached hydrogen (secondary N) is 1. The summed E-state index contributed by atoms with van der Waals surface area (Å²) in [5, 5.41) is 4.98. The minimum Gasteiger partial charge on any atom is -0.362 e. The van der Waals surface area contributed by atoms with Gasteiger partial charge in [0.05, 0.1) is 6.04 Å². The zero-order valence-corrected chi connectivity index (χ0v) is 13.9. The summed E-state index contributed by atoms with van der Waals surface area (Å²) in [6.45, 7) is 9.33. The lowest BCUT2D eigenvalue weighted by molar-refractivity contribution is 0.314. The Bertz CT molecular complexity index is 319. The summed E-state index contributed by atoms with van der Waals surface area (Å²) in [7, 11) is 0. The van der Waals surface area contributed by atoms with Gasteiger partial charge in [0.15, 0.2) is 5.17 Å². The lowest BCUT2D eigenvalue weighted by atomic mass is 9.85. The Morgan fingerprint density at radius 3 is 2.58 bits per heavy atom. The molecule has 1 saturated carbocycles. The Kier molecular flexibility index (Phi) is 5.22. The molecule has 0 bridgehead atoms. The highest BCUT2D eigenvalue weighted by molar-refractivity contribution is 8.13. The Labute approximate surface area is 123 Å². The maximum Gasteiger partial charge on any atom is 0.157 e. The number of amidine groups is 1. The van der Waals surface area contributed by atoms with E-state index in [0.717, 1.165) is 5.92 Å². The predicted octanol–water partition coefficient (Wildman–Crippen LogP) is 4.45. The first-order chi connectivity index (χ1) is 8.97. The fraction of sp³-hybridized carbons (Fsp3) is 0.938. The summed E-state index contributed by atoms with van der Waals surface area (Å²) in [6, 6.07) is 1.13. The summed E-state index contributed by atoms with van der Waals surface area (Å²) in [4.78, 5) is 4.98. The molecule has 110 valence electrons. The van der Waals surface area contributed by atoms with E-state index in [0.29, 0.717) is 17.5 Å². The second kappa shape index (κ2) is 6.51. The van der Waals surface area contributed by atoms with E-state index in [1.165, 1.54) is 49.4 Å². The highest BCUT2D eigenvalue weighted by Gasteiger charge is 2.28. The number of nitrogens with zero attached hydrogens (tertiary/aromatic N) is 1. The van der Waals surface area contributed by atoms with Gasteiger partial charge >= 0.3 is 0 Å². The number of hydrogen-bond acceptors (Lipinski definition) is 3. The third-order valence-electron chi connectivity index (χ3n) is 4.57. The highest BCUT2D eigenvalue weighted by atomic mass is 32.2. The van der Waals surface area contributed by atoms with Crippen molar-refractivity contribution in [1.29, 1.82) is 0 Å². The van der Waals surface area contributed by atoms with Crippen molar-refractivity contribution in [2.75, 3.05) is 5.75 Å². The molecule has 0 amide bonds. The van der Waals surface area contributed by atoms with Gasteiger partial charge in [-0.3, -0.25) is 4.99 Å². The molecule has 2 aliphatic rings.